The van der Waals surface area contributed by atoms with Crippen LogP contribution in [0.3, 0.4) is 0 Å². The molecule has 3 heterocycles. The van der Waals surface area contributed by atoms with Gasteiger partial charge in [-0.3, -0.25) is 19.5 Å². The lowest BCUT2D eigenvalue weighted by Gasteiger charge is -2.46. The molecule has 0 spiro atoms. The Labute approximate surface area is 274 Å². The van der Waals surface area contributed by atoms with Crippen LogP contribution in [0.15, 0.2) is 36.5 Å². The standard InChI is InChI=1S/C32H39F6N5O5/c1-7-8-21-13-22(30(47,31(33,34)35)32(36,37)38)9-11-24(21)41-15-20(5)42(16-19(41)4)26(44)17-43-27(45)29(6,40-28(43)46)25-12-10-23(14-39-25)48-18(2)3/h9-14,18-20,47H,7-8,15-17H2,1-6H3,(H,40,46)/t19-,20+,29?/m1/s1. The number of aromatic nitrogens is 1. The molecule has 264 valence electrons. The molecule has 10 nitrogen and oxygen atoms in total. The normalized spacial score (nSPS) is 22.4. The van der Waals surface area contributed by atoms with Gasteiger partial charge in [-0.05, 0) is 64.8 Å². The summed E-state index contributed by atoms with van der Waals surface area (Å²) in [5.74, 6) is -0.725. The van der Waals surface area contributed by atoms with Crippen LogP contribution in [-0.2, 0) is 27.1 Å². The van der Waals surface area contributed by atoms with E-state index in [4.69, 9.17) is 4.74 Å². The van der Waals surface area contributed by atoms with Crippen LogP contribution in [0.4, 0.5) is 36.8 Å². The van der Waals surface area contributed by atoms with Gasteiger partial charge in [0.15, 0.2) is 5.54 Å². The molecule has 0 bridgehead atoms. The zero-order valence-electron chi connectivity index (χ0n) is 27.4. The number of pyridine rings is 1. The Hall–Kier alpha value is -4.08. The molecule has 3 atom stereocenters. The summed E-state index contributed by atoms with van der Waals surface area (Å²) in [5, 5.41) is 12.6. The lowest BCUT2D eigenvalue weighted by atomic mass is 9.89. The van der Waals surface area contributed by atoms with E-state index in [0.29, 0.717) is 23.9 Å². The number of urea groups is 1. The van der Waals surface area contributed by atoms with E-state index in [-0.39, 0.29) is 36.9 Å². The molecule has 2 N–H and O–H groups in total. The van der Waals surface area contributed by atoms with E-state index in [9.17, 15) is 45.8 Å². The number of imide groups is 1. The maximum absolute atomic E-state index is 13.6. The number of amides is 4. The molecule has 0 saturated carbocycles. The summed E-state index contributed by atoms with van der Waals surface area (Å²) >= 11 is 0. The second-order valence-electron chi connectivity index (χ2n) is 12.7. The number of hydrogen-bond acceptors (Lipinski definition) is 7. The molecule has 2 aliphatic rings. The summed E-state index contributed by atoms with van der Waals surface area (Å²) in [6.07, 6.45) is -10.2. The molecule has 1 unspecified atom stereocenters. The average molecular weight is 688 g/mol. The Bertz CT molecular complexity index is 1520. The van der Waals surface area contributed by atoms with Gasteiger partial charge in [-0.2, -0.15) is 26.3 Å². The summed E-state index contributed by atoms with van der Waals surface area (Å²) in [4.78, 5) is 48.2. The van der Waals surface area contributed by atoms with Gasteiger partial charge < -0.3 is 25.0 Å². The molecule has 4 rings (SSSR count). The largest absolute Gasteiger partial charge is 0.489 e. The van der Waals surface area contributed by atoms with Crippen LogP contribution >= 0.6 is 0 Å². The van der Waals surface area contributed by atoms with Crippen molar-refractivity contribution in [2.24, 2.45) is 0 Å². The first-order valence-corrected chi connectivity index (χ1v) is 15.5. The van der Waals surface area contributed by atoms with E-state index in [1.807, 2.05) is 13.8 Å². The van der Waals surface area contributed by atoms with E-state index < -0.39 is 65.5 Å². The number of nitrogens with zero attached hydrogens (tertiary/aromatic N) is 4. The molecule has 1 aromatic heterocycles. The van der Waals surface area contributed by atoms with Crippen molar-refractivity contribution in [3.63, 3.8) is 0 Å². The van der Waals surface area contributed by atoms with E-state index in [1.54, 1.807) is 37.8 Å². The molecule has 2 aliphatic heterocycles. The highest BCUT2D eigenvalue weighted by Crippen LogP contribution is 2.50. The van der Waals surface area contributed by atoms with Crippen LogP contribution < -0.4 is 15.0 Å². The third-order valence-corrected chi connectivity index (χ3v) is 8.64. The first-order valence-electron chi connectivity index (χ1n) is 15.5. The molecule has 0 aliphatic carbocycles. The SMILES string of the molecule is CCCc1cc(C(O)(C(F)(F)F)C(F)(F)F)ccc1N1C[C@H](C)N(C(=O)CN2C(=O)NC(C)(c3ccc(OC(C)C)cn3)C2=O)C[C@H]1C. The smallest absolute Gasteiger partial charge is 0.430 e. The number of halogens is 6. The van der Waals surface area contributed by atoms with Crippen molar-refractivity contribution in [3.8, 4) is 5.75 Å². The van der Waals surface area contributed by atoms with Crippen molar-refractivity contribution >= 4 is 23.5 Å². The van der Waals surface area contributed by atoms with Crippen molar-refractivity contribution in [2.45, 2.75) is 96.1 Å². The van der Waals surface area contributed by atoms with E-state index >= 15 is 0 Å². The Kier molecular flexibility index (Phi) is 10.0. The molecule has 4 amide bonds. The number of aryl methyl sites for hydroxylation is 1. The second-order valence-corrected chi connectivity index (χ2v) is 12.7. The zero-order chi connectivity index (χ0) is 36.0. The number of aliphatic hydroxyl groups is 1. The number of nitrogens with one attached hydrogen (secondary N) is 1. The molecule has 16 heteroatoms. The molecular weight excluding hydrogens is 648 g/mol. The first-order chi connectivity index (χ1) is 22.1. The van der Waals surface area contributed by atoms with Crippen LogP contribution in [0, 0.1) is 0 Å². The summed E-state index contributed by atoms with van der Waals surface area (Å²) < 4.78 is 87.1. The fourth-order valence-electron chi connectivity index (χ4n) is 6.12. The van der Waals surface area contributed by atoms with Crippen LogP contribution in [-0.4, -0.2) is 87.9 Å². The van der Waals surface area contributed by atoms with Crippen LogP contribution in [0.1, 0.15) is 64.8 Å². The van der Waals surface area contributed by atoms with Crippen molar-refractivity contribution in [1.82, 2.24) is 20.1 Å². The fourth-order valence-corrected chi connectivity index (χ4v) is 6.12. The molecule has 0 radical (unpaired) electrons. The molecule has 2 fully saturated rings. The quantitative estimate of drug-likeness (QED) is 0.281. The molecular formula is C32H39F6N5O5. The monoisotopic (exact) mass is 687 g/mol. The Morgan fingerprint density at radius 3 is 2.25 bits per heavy atom. The van der Waals surface area contributed by atoms with Crippen molar-refractivity contribution in [3.05, 3.63) is 53.3 Å². The summed E-state index contributed by atoms with van der Waals surface area (Å²) in [6.45, 7) is 10.0. The Balaban J connectivity index is 1.52. The number of benzene rings is 1. The minimum Gasteiger partial charge on any atom is -0.489 e. The van der Waals surface area contributed by atoms with Gasteiger partial charge in [0.05, 0.1) is 18.0 Å². The number of alkyl halides is 6. The van der Waals surface area contributed by atoms with E-state index in [0.717, 1.165) is 17.0 Å². The summed E-state index contributed by atoms with van der Waals surface area (Å²) in [5.41, 5.74) is -7.11. The van der Waals surface area contributed by atoms with Crippen molar-refractivity contribution in [2.75, 3.05) is 24.5 Å². The highest BCUT2D eigenvalue weighted by atomic mass is 19.4. The summed E-state index contributed by atoms with van der Waals surface area (Å²) in [6, 6.07) is 3.91. The van der Waals surface area contributed by atoms with Crippen molar-refractivity contribution in [1.29, 1.82) is 0 Å². The van der Waals surface area contributed by atoms with Crippen LogP contribution in [0.25, 0.3) is 0 Å². The van der Waals surface area contributed by atoms with Gasteiger partial charge in [-0.15, -0.1) is 0 Å². The van der Waals surface area contributed by atoms with Gasteiger partial charge >= 0.3 is 18.4 Å². The average Bonchev–Trinajstić information content (AvgIpc) is 3.20. The third kappa shape index (κ3) is 6.63. The van der Waals surface area contributed by atoms with Crippen LogP contribution in [0.5, 0.6) is 5.75 Å². The molecule has 48 heavy (non-hydrogen) atoms. The lowest BCUT2D eigenvalue weighted by molar-refractivity contribution is -0.376. The van der Waals surface area contributed by atoms with Gasteiger partial charge in [0.1, 0.15) is 12.3 Å². The Morgan fingerprint density at radius 2 is 1.71 bits per heavy atom. The number of carbonyl (C=O) groups is 3. The number of carbonyl (C=O) groups excluding carboxylic acids is 3. The minimum absolute atomic E-state index is 0.0855. The van der Waals surface area contributed by atoms with Gasteiger partial charge in [-0.25, -0.2) is 4.79 Å². The fraction of sp³-hybridized carbons (Fsp3) is 0.562. The number of piperazine rings is 1. The van der Waals surface area contributed by atoms with Crippen LogP contribution in [0.2, 0.25) is 0 Å². The predicted molar refractivity (Wildman–Crippen MR) is 162 cm³/mol. The number of ether oxygens (including phenoxy) is 1. The number of anilines is 1. The predicted octanol–water partition coefficient (Wildman–Crippen LogP) is 5.03. The highest BCUT2D eigenvalue weighted by Gasteiger charge is 2.71. The number of hydrogen-bond donors (Lipinski definition) is 2. The van der Waals surface area contributed by atoms with Crippen molar-refractivity contribution < 1.29 is 50.6 Å². The molecule has 2 aromatic rings. The van der Waals surface area contributed by atoms with E-state index in [2.05, 4.69) is 10.3 Å². The lowest BCUT2D eigenvalue weighted by Crippen LogP contribution is -2.60. The minimum atomic E-state index is -6.02. The zero-order valence-corrected chi connectivity index (χ0v) is 27.4. The third-order valence-electron chi connectivity index (χ3n) is 8.64. The topological polar surface area (TPSA) is 115 Å². The van der Waals surface area contributed by atoms with Gasteiger partial charge in [0.2, 0.25) is 5.91 Å². The van der Waals surface area contributed by atoms with Gasteiger partial charge in [0, 0.05) is 36.4 Å². The van der Waals surface area contributed by atoms with Gasteiger partial charge in [-0.1, -0.05) is 25.5 Å². The maximum Gasteiger partial charge on any atom is 0.430 e. The van der Waals surface area contributed by atoms with Gasteiger partial charge in [0.25, 0.3) is 11.5 Å². The second kappa shape index (κ2) is 13.1. The Morgan fingerprint density at radius 1 is 1.06 bits per heavy atom. The highest BCUT2D eigenvalue weighted by molar-refractivity contribution is 6.09. The number of rotatable bonds is 9. The molecule has 2 saturated heterocycles. The first kappa shape index (κ1) is 36.8. The van der Waals surface area contributed by atoms with E-state index in [1.165, 1.54) is 18.0 Å². The molecule has 1 aromatic carbocycles. The maximum atomic E-state index is 13.6. The summed E-state index contributed by atoms with van der Waals surface area (Å²) in [7, 11) is 0.